The zero-order chi connectivity index (χ0) is 16.1. The molecule has 0 saturated heterocycles. The predicted molar refractivity (Wildman–Crippen MR) is 87.6 cm³/mol. The van der Waals surface area contributed by atoms with E-state index in [0.29, 0.717) is 17.1 Å². The lowest BCUT2D eigenvalue weighted by Gasteiger charge is -2.07. The van der Waals surface area contributed by atoms with Crippen LogP contribution in [0.25, 0.3) is 0 Å². The molecule has 6 nitrogen and oxygen atoms in total. The van der Waals surface area contributed by atoms with Crippen molar-refractivity contribution >= 4 is 11.7 Å². The van der Waals surface area contributed by atoms with Crippen LogP contribution in [0.5, 0.6) is 11.6 Å². The van der Waals surface area contributed by atoms with Gasteiger partial charge in [-0.25, -0.2) is 0 Å². The summed E-state index contributed by atoms with van der Waals surface area (Å²) < 4.78 is 5.54. The Bertz CT molecular complexity index is 828. The van der Waals surface area contributed by atoms with Crippen molar-refractivity contribution in [3.63, 3.8) is 0 Å². The summed E-state index contributed by atoms with van der Waals surface area (Å²) in [5, 5.41) is 2.70. The van der Waals surface area contributed by atoms with E-state index >= 15 is 0 Å². The lowest BCUT2D eigenvalue weighted by atomic mass is 10.1. The quantitative estimate of drug-likeness (QED) is 0.798. The maximum absolute atomic E-state index is 12.2. The molecule has 0 unspecified atom stereocenters. The number of aromatic nitrogens is 3. The number of carbonyl (C=O) groups excluding carboxylic acids is 1. The van der Waals surface area contributed by atoms with E-state index in [1.807, 2.05) is 19.1 Å². The van der Waals surface area contributed by atoms with Gasteiger partial charge in [-0.1, -0.05) is 17.7 Å². The van der Waals surface area contributed by atoms with E-state index in [9.17, 15) is 4.79 Å². The zero-order valence-corrected chi connectivity index (χ0v) is 12.4. The van der Waals surface area contributed by atoms with Crippen LogP contribution in [-0.4, -0.2) is 20.9 Å². The van der Waals surface area contributed by atoms with E-state index < -0.39 is 0 Å². The Kier molecular flexibility index (Phi) is 4.24. The van der Waals surface area contributed by atoms with E-state index in [2.05, 4.69) is 20.3 Å². The molecule has 0 aliphatic heterocycles. The Morgan fingerprint density at radius 2 is 2.04 bits per heavy atom. The smallest absolute Gasteiger partial charge is 0.256 e. The number of aryl methyl sites for hydroxylation is 1. The Hall–Kier alpha value is -3.28. The molecule has 2 aromatic heterocycles. The summed E-state index contributed by atoms with van der Waals surface area (Å²) in [4.78, 5) is 24.4. The van der Waals surface area contributed by atoms with Gasteiger partial charge in [0, 0.05) is 13.2 Å². The van der Waals surface area contributed by atoms with Gasteiger partial charge in [0.1, 0.15) is 5.75 Å². The van der Waals surface area contributed by atoms with E-state index in [0.717, 1.165) is 5.56 Å². The summed E-state index contributed by atoms with van der Waals surface area (Å²) in [5.41, 5.74) is 1.57. The van der Waals surface area contributed by atoms with Gasteiger partial charge in [-0.15, -0.1) is 0 Å². The third-order valence-electron chi connectivity index (χ3n) is 2.99. The van der Waals surface area contributed by atoms with Gasteiger partial charge < -0.3 is 10.1 Å². The number of hydrogen-bond donors (Lipinski definition) is 1. The third kappa shape index (κ3) is 3.88. The fourth-order valence-electron chi connectivity index (χ4n) is 1.96. The highest BCUT2D eigenvalue weighted by molar-refractivity contribution is 6.03. The van der Waals surface area contributed by atoms with Gasteiger partial charge in [-0.05, 0) is 31.2 Å². The van der Waals surface area contributed by atoms with Gasteiger partial charge >= 0.3 is 0 Å². The zero-order valence-electron chi connectivity index (χ0n) is 12.4. The highest BCUT2D eigenvalue weighted by Gasteiger charge is 2.08. The molecule has 0 atom stereocenters. The second kappa shape index (κ2) is 6.65. The van der Waals surface area contributed by atoms with Crippen LogP contribution in [0.2, 0.25) is 0 Å². The molecule has 0 aliphatic rings. The summed E-state index contributed by atoms with van der Waals surface area (Å²) in [7, 11) is 0. The van der Waals surface area contributed by atoms with Gasteiger partial charge in [0.15, 0.2) is 5.82 Å². The van der Waals surface area contributed by atoms with Crippen LogP contribution < -0.4 is 10.1 Å². The first-order chi connectivity index (χ1) is 11.2. The van der Waals surface area contributed by atoms with Crippen molar-refractivity contribution < 1.29 is 11.0 Å². The molecule has 0 saturated carbocycles. The van der Waals surface area contributed by atoms with Gasteiger partial charge in [-0.3, -0.25) is 14.8 Å². The highest BCUT2D eigenvalue weighted by Crippen LogP contribution is 2.18. The van der Waals surface area contributed by atoms with E-state index in [1.54, 1.807) is 36.7 Å². The molecule has 3 rings (SSSR count). The molecule has 0 aliphatic carbocycles. The Morgan fingerprint density at radius 3 is 2.83 bits per heavy atom. The number of pyridine rings is 1. The fourth-order valence-corrected chi connectivity index (χ4v) is 1.96. The van der Waals surface area contributed by atoms with Crippen molar-refractivity contribution in [3.8, 4) is 11.6 Å². The maximum atomic E-state index is 12.2. The number of ether oxygens (including phenoxy) is 1. The number of rotatable bonds is 4. The summed E-state index contributed by atoms with van der Waals surface area (Å²) in [6, 6.07) is 10.8. The van der Waals surface area contributed by atoms with Crippen molar-refractivity contribution in [2.24, 2.45) is 0 Å². The Morgan fingerprint density at radius 1 is 1.13 bits per heavy atom. The van der Waals surface area contributed by atoms with E-state index in [1.165, 1.54) is 12.4 Å². The molecule has 1 amide bonds. The molecule has 0 fully saturated rings. The maximum Gasteiger partial charge on any atom is 0.256 e. The van der Waals surface area contributed by atoms with Gasteiger partial charge in [0.2, 0.25) is 5.88 Å². The van der Waals surface area contributed by atoms with Crippen molar-refractivity contribution in [1.29, 1.82) is 0 Å². The first-order valence-electron chi connectivity index (χ1n) is 6.99. The average molecular weight is 308 g/mol. The molecule has 116 valence electrons. The SMILES string of the molecule is Cc1cccc(C(=O)Nc2cncc(Oc3cccnc3)n2)c1.[HH]. The first-order valence-corrected chi connectivity index (χ1v) is 6.99. The summed E-state index contributed by atoms with van der Waals surface area (Å²) in [5.74, 6) is 0.892. The predicted octanol–water partition coefficient (Wildman–Crippen LogP) is 3.47. The van der Waals surface area contributed by atoms with Crippen molar-refractivity contribution in [1.82, 2.24) is 15.0 Å². The minimum absolute atomic E-state index is 0. The molecule has 1 aromatic carbocycles. The Labute approximate surface area is 134 Å². The van der Waals surface area contributed by atoms with E-state index in [-0.39, 0.29) is 13.2 Å². The van der Waals surface area contributed by atoms with Crippen molar-refractivity contribution in [2.75, 3.05) is 5.32 Å². The molecular weight excluding hydrogens is 292 g/mol. The molecular formula is C17H16N4O2. The molecule has 6 heteroatoms. The van der Waals surface area contributed by atoms with Crippen molar-refractivity contribution in [2.45, 2.75) is 6.92 Å². The highest BCUT2D eigenvalue weighted by atomic mass is 16.5. The number of benzene rings is 1. The molecule has 23 heavy (non-hydrogen) atoms. The molecule has 0 bridgehead atoms. The second-order valence-electron chi connectivity index (χ2n) is 4.86. The molecule has 2 heterocycles. The standard InChI is InChI=1S/C17H14N4O2.H2/c1-12-4-2-5-13(8-12)17(22)21-15-10-19-11-16(20-15)23-14-6-3-7-18-9-14;/h2-11H,1H3,(H,20,21,22);1H. The third-order valence-corrected chi connectivity index (χ3v) is 2.99. The molecule has 1 N–H and O–H groups in total. The number of amides is 1. The average Bonchev–Trinajstić information content (AvgIpc) is 2.56. The Balaban J connectivity index is 0.00000208. The van der Waals surface area contributed by atoms with Crippen LogP contribution in [0.3, 0.4) is 0 Å². The van der Waals surface area contributed by atoms with Crippen LogP contribution in [-0.2, 0) is 0 Å². The lowest BCUT2D eigenvalue weighted by molar-refractivity contribution is 0.102. The number of nitrogens with one attached hydrogen (secondary N) is 1. The van der Waals surface area contributed by atoms with Crippen LogP contribution >= 0.6 is 0 Å². The fraction of sp³-hybridized carbons (Fsp3) is 0.0588. The normalized spacial score (nSPS) is 10.1. The number of carbonyl (C=O) groups is 1. The number of nitrogens with zero attached hydrogens (tertiary/aromatic N) is 3. The molecule has 3 aromatic rings. The summed E-state index contributed by atoms with van der Waals surface area (Å²) >= 11 is 0. The monoisotopic (exact) mass is 308 g/mol. The summed E-state index contributed by atoms with van der Waals surface area (Å²) in [6.07, 6.45) is 6.15. The van der Waals surface area contributed by atoms with Gasteiger partial charge in [0.25, 0.3) is 5.91 Å². The van der Waals surface area contributed by atoms with Crippen LogP contribution in [0.15, 0.2) is 61.2 Å². The topological polar surface area (TPSA) is 77.0 Å². The van der Waals surface area contributed by atoms with Gasteiger partial charge in [0.05, 0.1) is 18.6 Å². The summed E-state index contributed by atoms with van der Waals surface area (Å²) in [6.45, 7) is 1.93. The number of anilines is 1. The minimum Gasteiger partial charge on any atom is -0.436 e. The van der Waals surface area contributed by atoms with Gasteiger partial charge in [-0.2, -0.15) is 4.98 Å². The second-order valence-corrected chi connectivity index (χ2v) is 4.86. The molecule has 0 radical (unpaired) electrons. The minimum atomic E-state index is -0.249. The van der Waals surface area contributed by atoms with Crippen LogP contribution in [0.4, 0.5) is 5.82 Å². The van der Waals surface area contributed by atoms with Crippen LogP contribution in [0, 0.1) is 6.92 Å². The largest absolute Gasteiger partial charge is 0.436 e. The first kappa shape index (κ1) is 14.6. The van der Waals surface area contributed by atoms with Crippen molar-refractivity contribution in [3.05, 3.63) is 72.3 Å². The lowest BCUT2D eigenvalue weighted by Crippen LogP contribution is -2.13. The molecule has 0 spiro atoms. The number of hydrogen-bond acceptors (Lipinski definition) is 5. The van der Waals surface area contributed by atoms with E-state index in [4.69, 9.17) is 4.74 Å². The van der Waals surface area contributed by atoms with Crippen LogP contribution in [0.1, 0.15) is 17.3 Å².